The maximum Gasteiger partial charge on any atom is 0.268 e. The van der Waals surface area contributed by atoms with Gasteiger partial charge in [0, 0.05) is 13.0 Å². The van der Waals surface area contributed by atoms with Crippen molar-refractivity contribution in [2.75, 3.05) is 26.0 Å². The van der Waals surface area contributed by atoms with E-state index >= 15 is 0 Å². The van der Waals surface area contributed by atoms with E-state index < -0.39 is 22.3 Å². The van der Waals surface area contributed by atoms with Crippen molar-refractivity contribution in [3.8, 4) is 0 Å². The van der Waals surface area contributed by atoms with Crippen LogP contribution in [-0.2, 0) is 19.1 Å². The summed E-state index contributed by atoms with van der Waals surface area (Å²) in [7, 11) is -2.07. The fourth-order valence-electron chi connectivity index (χ4n) is 5.57. The standard InChI is InChI=1S/C37H74N2O5S/c1-4-6-8-10-12-14-16-18-20-22-24-26-28-30-36(40)35(34-44-45(42,43)33-32-38-3)39-37(41)31-29-27-25-23-21-19-17-15-13-11-9-7-5-2/h28,30,35-36,38,40H,4-27,29,31-34H2,1-3H3,(H,39,41)/b30-28+/t35-,36+/m0/s1. The molecule has 0 bridgehead atoms. The average molecular weight is 659 g/mol. The Labute approximate surface area is 279 Å². The van der Waals surface area contributed by atoms with Crippen molar-refractivity contribution >= 4 is 16.0 Å². The van der Waals surface area contributed by atoms with Crippen LogP contribution in [0.4, 0.5) is 0 Å². The molecular weight excluding hydrogens is 584 g/mol. The van der Waals surface area contributed by atoms with E-state index in [0.29, 0.717) is 6.42 Å². The first-order valence-corrected chi connectivity index (χ1v) is 20.6. The Morgan fingerprint density at radius 2 is 1.11 bits per heavy atom. The quantitative estimate of drug-likeness (QED) is 0.0356. The summed E-state index contributed by atoms with van der Waals surface area (Å²) in [5, 5.41) is 16.4. The Morgan fingerprint density at radius 3 is 1.56 bits per heavy atom. The molecule has 0 spiro atoms. The minimum Gasteiger partial charge on any atom is -0.387 e. The van der Waals surface area contributed by atoms with Gasteiger partial charge in [-0.05, 0) is 26.3 Å². The predicted octanol–water partition coefficient (Wildman–Crippen LogP) is 9.14. The van der Waals surface area contributed by atoms with E-state index in [-0.39, 0.29) is 24.8 Å². The summed E-state index contributed by atoms with van der Waals surface area (Å²) in [5.74, 6) is -0.328. The first-order valence-electron chi connectivity index (χ1n) is 19.0. The summed E-state index contributed by atoms with van der Waals surface area (Å²) in [6.45, 7) is 4.51. The van der Waals surface area contributed by atoms with E-state index in [1.165, 1.54) is 128 Å². The van der Waals surface area contributed by atoms with Crippen LogP contribution in [0, 0.1) is 0 Å². The minimum absolute atomic E-state index is 0.159. The number of rotatable bonds is 35. The van der Waals surface area contributed by atoms with Crippen molar-refractivity contribution in [2.24, 2.45) is 0 Å². The molecule has 0 unspecified atom stereocenters. The van der Waals surface area contributed by atoms with Gasteiger partial charge in [0.1, 0.15) is 0 Å². The van der Waals surface area contributed by atoms with Crippen LogP contribution >= 0.6 is 0 Å². The zero-order valence-corrected chi connectivity index (χ0v) is 30.6. The van der Waals surface area contributed by atoms with Crippen LogP contribution in [0.15, 0.2) is 12.2 Å². The lowest BCUT2D eigenvalue weighted by Gasteiger charge is -2.22. The van der Waals surface area contributed by atoms with Gasteiger partial charge in [-0.15, -0.1) is 0 Å². The molecule has 0 aromatic heterocycles. The van der Waals surface area contributed by atoms with Crippen molar-refractivity contribution < 1.29 is 22.5 Å². The highest BCUT2D eigenvalue weighted by Crippen LogP contribution is 2.14. The van der Waals surface area contributed by atoms with E-state index in [9.17, 15) is 18.3 Å². The number of carbonyl (C=O) groups excluding carboxylic acids is 1. The highest BCUT2D eigenvalue weighted by atomic mass is 32.2. The number of aliphatic hydroxyl groups is 1. The molecule has 0 aromatic rings. The summed E-state index contributed by atoms with van der Waals surface area (Å²) in [5.41, 5.74) is 0. The van der Waals surface area contributed by atoms with E-state index in [4.69, 9.17) is 4.18 Å². The topological polar surface area (TPSA) is 105 Å². The monoisotopic (exact) mass is 659 g/mol. The Morgan fingerprint density at radius 1 is 0.689 bits per heavy atom. The third kappa shape index (κ3) is 31.4. The molecule has 0 rings (SSSR count). The summed E-state index contributed by atoms with van der Waals surface area (Å²) in [6.07, 6.45) is 34.2. The zero-order chi connectivity index (χ0) is 33.3. The van der Waals surface area contributed by atoms with Crippen molar-refractivity contribution in [3.05, 3.63) is 12.2 Å². The van der Waals surface area contributed by atoms with Crippen LogP contribution in [-0.4, -0.2) is 57.5 Å². The largest absolute Gasteiger partial charge is 0.387 e. The molecule has 7 nitrogen and oxygen atoms in total. The zero-order valence-electron chi connectivity index (χ0n) is 29.8. The number of nitrogens with one attached hydrogen (secondary N) is 2. The van der Waals surface area contributed by atoms with Crippen molar-refractivity contribution in [2.45, 2.75) is 193 Å². The van der Waals surface area contributed by atoms with Crippen molar-refractivity contribution in [1.82, 2.24) is 10.6 Å². The van der Waals surface area contributed by atoms with E-state index in [2.05, 4.69) is 24.5 Å². The lowest BCUT2D eigenvalue weighted by molar-refractivity contribution is -0.122. The average Bonchev–Trinajstić information content (AvgIpc) is 3.02. The number of aliphatic hydroxyl groups excluding tert-OH is 1. The SMILES string of the molecule is CCCCCCCCCCCCC/C=C/[C@@H](O)[C@H](COS(=O)(=O)CCNC)NC(=O)CCCCCCCCCCCCCCC. The number of hydrogen-bond donors (Lipinski definition) is 3. The van der Waals surface area contributed by atoms with Gasteiger partial charge in [-0.2, -0.15) is 8.42 Å². The maximum absolute atomic E-state index is 12.7. The Bertz CT molecular complexity index is 775. The molecular formula is C37H74N2O5S. The van der Waals surface area contributed by atoms with Crippen LogP contribution in [0.25, 0.3) is 0 Å². The van der Waals surface area contributed by atoms with Gasteiger partial charge >= 0.3 is 0 Å². The van der Waals surface area contributed by atoms with Crippen LogP contribution in [0.5, 0.6) is 0 Å². The molecule has 8 heteroatoms. The third-order valence-corrected chi connectivity index (χ3v) is 9.80. The van der Waals surface area contributed by atoms with Gasteiger partial charge in [0.2, 0.25) is 5.91 Å². The number of allylic oxidation sites excluding steroid dienone is 1. The highest BCUT2D eigenvalue weighted by Gasteiger charge is 2.23. The molecule has 0 fully saturated rings. The first-order chi connectivity index (χ1) is 21.9. The van der Waals surface area contributed by atoms with Gasteiger partial charge in [-0.1, -0.05) is 167 Å². The van der Waals surface area contributed by atoms with Crippen molar-refractivity contribution in [1.29, 1.82) is 0 Å². The Kier molecular flexibility index (Phi) is 32.3. The molecule has 2 atom stereocenters. The first kappa shape index (κ1) is 44.0. The fraction of sp³-hybridized carbons (Fsp3) is 0.919. The van der Waals surface area contributed by atoms with Crippen LogP contribution < -0.4 is 10.6 Å². The highest BCUT2D eigenvalue weighted by molar-refractivity contribution is 7.86. The number of hydrogen-bond acceptors (Lipinski definition) is 6. The molecule has 0 aliphatic rings. The number of amides is 1. The lowest BCUT2D eigenvalue weighted by Crippen LogP contribution is -2.46. The number of unbranched alkanes of at least 4 members (excludes halogenated alkanes) is 23. The molecule has 268 valence electrons. The summed E-state index contributed by atoms with van der Waals surface area (Å²) >= 11 is 0. The van der Waals surface area contributed by atoms with Gasteiger partial charge in [0.25, 0.3) is 10.1 Å². The van der Waals surface area contributed by atoms with Gasteiger partial charge in [-0.3, -0.25) is 8.98 Å². The predicted molar refractivity (Wildman–Crippen MR) is 192 cm³/mol. The molecule has 0 aliphatic carbocycles. The smallest absolute Gasteiger partial charge is 0.268 e. The summed E-state index contributed by atoms with van der Waals surface area (Å²) in [6, 6.07) is -0.808. The van der Waals surface area contributed by atoms with Gasteiger partial charge < -0.3 is 15.7 Å². The second kappa shape index (κ2) is 33.0. The lowest BCUT2D eigenvalue weighted by atomic mass is 10.0. The molecule has 0 aromatic carbocycles. The van der Waals surface area contributed by atoms with Gasteiger partial charge in [-0.25, -0.2) is 0 Å². The molecule has 3 N–H and O–H groups in total. The second-order valence-electron chi connectivity index (χ2n) is 13.1. The van der Waals surface area contributed by atoms with Crippen LogP contribution in [0.1, 0.15) is 181 Å². The molecule has 45 heavy (non-hydrogen) atoms. The molecule has 0 heterocycles. The molecule has 0 aliphatic heterocycles. The Hall–Kier alpha value is -0.960. The third-order valence-electron chi connectivity index (χ3n) is 8.60. The summed E-state index contributed by atoms with van der Waals surface area (Å²) < 4.78 is 29.6. The maximum atomic E-state index is 12.7. The van der Waals surface area contributed by atoms with Crippen LogP contribution in [0.2, 0.25) is 0 Å². The van der Waals surface area contributed by atoms with Crippen molar-refractivity contribution in [3.63, 3.8) is 0 Å². The van der Waals surface area contributed by atoms with E-state index in [1.807, 2.05) is 6.08 Å². The van der Waals surface area contributed by atoms with E-state index in [1.54, 1.807) is 13.1 Å². The fourth-order valence-corrected chi connectivity index (χ4v) is 6.49. The minimum atomic E-state index is -3.75. The van der Waals surface area contributed by atoms with Gasteiger partial charge in [0.15, 0.2) is 0 Å². The molecule has 0 saturated carbocycles. The van der Waals surface area contributed by atoms with Gasteiger partial charge in [0.05, 0.1) is 24.5 Å². The summed E-state index contributed by atoms with van der Waals surface area (Å²) in [4.78, 5) is 12.7. The second-order valence-corrected chi connectivity index (χ2v) is 14.8. The van der Waals surface area contributed by atoms with E-state index in [0.717, 1.165) is 32.1 Å². The molecule has 0 radical (unpaired) electrons. The molecule has 0 saturated heterocycles. The molecule has 1 amide bonds. The normalized spacial score (nSPS) is 13.4. The Balaban J connectivity index is 4.32. The number of carbonyl (C=O) groups is 1. The van der Waals surface area contributed by atoms with Crippen LogP contribution in [0.3, 0.4) is 0 Å².